The van der Waals surface area contributed by atoms with Gasteiger partial charge in [0.1, 0.15) is 11.6 Å². The molecule has 2 aromatic heterocycles. The van der Waals surface area contributed by atoms with E-state index in [0.717, 1.165) is 70.8 Å². The number of carbonyl (C=O) groups is 1. The Morgan fingerprint density at radius 1 is 1.09 bits per heavy atom. The van der Waals surface area contributed by atoms with Crippen LogP contribution in [0.15, 0.2) is 42.9 Å². The van der Waals surface area contributed by atoms with Gasteiger partial charge in [0.2, 0.25) is 0 Å². The van der Waals surface area contributed by atoms with Crippen LogP contribution in [0.1, 0.15) is 60.4 Å². The molecule has 4 rings (SSSR count). The van der Waals surface area contributed by atoms with Gasteiger partial charge in [-0.2, -0.15) is 0 Å². The van der Waals surface area contributed by atoms with Crippen molar-refractivity contribution in [2.45, 2.75) is 59.4 Å². The molecule has 33 heavy (non-hydrogen) atoms. The molecule has 6 heteroatoms. The Hall–Kier alpha value is -3.28. The van der Waals surface area contributed by atoms with Crippen LogP contribution in [0, 0.1) is 20.8 Å². The molecule has 1 aliphatic heterocycles. The third kappa shape index (κ3) is 4.90. The van der Waals surface area contributed by atoms with Gasteiger partial charge in [0.25, 0.3) is 5.91 Å². The second-order valence-corrected chi connectivity index (χ2v) is 8.78. The van der Waals surface area contributed by atoms with Gasteiger partial charge in [-0.25, -0.2) is 9.97 Å². The van der Waals surface area contributed by atoms with Gasteiger partial charge in [0.05, 0.1) is 11.7 Å². The van der Waals surface area contributed by atoms with Gasteiger partial charge < -0.3 is 9.64 Å². The highest BCUT2D eigenvalue weighted by Gasteiger charge is 2.33. The number of aryl methyl sites for hydroxylation is 4. The lowest BCUT2D eigenvalue weighted by Crippen LogP contribution is -2.35. The van der Waals surface area contributed by atoms with E-state index in [9.17, 15) is 4.79 Å². The van der Waals surface area contributed by atoms with Crippen molar-refractivity contribution in [3.05, 3.63) is 71.1 Å². The number of para-hydroxylation sites is 1. The average molecular weight is 445 g/mol. The van der Waals surface area contributed by atoms with E-state index in [1.54, 1.807) is 6.20 Å². The summed E-state index contributed by atoms with van der Waals surface area (Å²) in [7, 11) is 0. The van der Waals surface area contributed by atoms with E-state index >= 15 is 0 Å². The first kappa shape index (κ1) is 22.9. The maximum absolute atomic E-state index is 13.3. The number of amides is 1. The fourth-order valence-corrected chi connectivity index (χ4v) is 4.61. The highest BCUT2D eigenvalue weighted by molar-refractivity contribution is 5.79. The molecule has 0 spiro atoms. The largest absolute Gasteiger partial charge is 0.483 e. The Morgan fingerprint density at radius 3 is 2.61 bits per heavy atom. The lowest BCUT2D eigenvalue weighted by atomic mass is 9.97. The molecule has 1 aromatic carbocycles. The molecule has 3 heterocycles. The van der Waals surface area contributed by atoms with Gasteiger partial charge >= 0.3 is 0 Å². The summed E-state index contributed by atoms with van der Waals surface area (Å²) in [5.41, 5.74) is 6.12. The number of likely N-dealkylation sites (tertiary alicyclic amines) is 1. The van der Waals surface area contributed by atoms with Crippen molar-refractivity contribution in [2.24, 2.45) is 0 Å². The molecule has 1 amide bonds. The fourth-order valence-electron chi connectivity index (χ4n) is 4.61. The molecule has 172 valence electrons. The number of hydrogen-bond acceptors (Lipinski definition) is 5. The number of benzene rings is 1. The zero-order valence-corrected chi connectivity index (χ0v) is 20.0. The Labute approximate surface area is 196 Å². The number of carbonyl (C=O) groups excluding carboxylic acids is 1. The van der Waals surface area contributed by atoms with Crippen LogP contribution in [0.5, 0.6) is 5.75 Å². The van der Waals surface area contributed by atoms with Crippen LogP contribution in [0.4, 0.5) is 0 Å². The molecular formula is C27H32N4O2. The lowest BCUT2D eigenvalue weighted by Gasteiger charge is -2.27. The van der Waals surface area contributed by atoms with E-state index in [2.05, 4.69) is 16.9 Å². The van der Waals surface area contributed by atoms with Gasteiger partial charge in [-0.1, -0.05) is 25.1 Å². The summed E-state index contributed by atoms with van der Waals surface area (Å²) < 4.78 is 5.99. The number of aromatic nitrogens is 3. The summed E-state index contributed by atoms with van der Waals surface area (Å²) in [5, 5.41) is 0. The monoisotopic (exact) mass is 444 g/mol. The van der Waals surface area contributed by atoms with Crippen molar-refractivity contribution < 1.29 is 9.53 Å². The van der Waals surface area contributed by atoms with Crippen LogP contribution in [0.25, 0.3) is 11.1 Å². The van der Waals surface area contributed by atoms with E-state index < -0.39 is 0 Å². The Bertz CT molecular complexity index is 1120. The van der Waals surface area contributed by atoms with Crippen LogP contribution in [0.3, 0.4) is 0 Å². The standard InChI is InChI=1S/C27H32N4O2/c1-5-8-24-29-16-22(21-12-13-28-15-20(21)4)26(30-24)23-11-7-14-31(23)25(32)17-33-27-18(2)9-6-10-19(27)3/h6,9-10,12-13,15-16,23H,5,7-8,11,14,17H2,1-4H3/t23-/m1/s1. The normalized spacial score (nSPS) is 15.6. The lowest BCUT2D eigenvalue weighted by molar-refractivity contribution is -0.134. The molecule has 0 bridgehead atoms. The molecular weight excluding hydrogens is 412 g/mol. The minimum Gasteiger partial charge on any atom is -0.483 e. The second kappa shape index (κ2) is 10.1. The molecule has 1 fully saturated rings. The molecule has 0 radical (unpaired) electrons. The van der Waals surface area contributed by atoms with Gasteiger partial charge in [0, 0.05) is 37.1 Å². The highest BCUT2D eigenvalue weighted by Crippen LogP contribution is 2.37. The number of hydrogen-bond donors (Lipinski definition) is 0. The van der Waals surface area contributed by atoms with E-state index in [-0.39, 0.29) is 18.6 Å². The molecule has 0 unspecified atom stereocenters. The zero-order valence-electron chi connectivity index (χ0n) is 20.0. The first-order chi connectivity index (χ1) is 16.0. The second-order valence-electron chi connectivity index (χ2n) is 8.78. The smallest absolute Gasteiger partial charge is 0.261 e. The minimum absolute atomic E-state index is 0.00629. The number of nitrogens with zero attached hydrogens (tertiary/aromatic N) is 4. The Balaban J connectivity index is 1.63. The molecule has 0 aliphatic carbocycles. The minimum atomic E-state index is -0.0831. The number of rotatable bonds is 7. The van der Waals surface area contributed by atoms with Gasteiger partial charge in [-0.3, -0.25) is 9.78 Å². The molecule has 0 N–H and O–H groups in total. The zero-order chi connectivity index (χ0) is 23.4. The molecule has 6 nitrogen and oxygen atoms in total. The summed E-state index contributed by atoms with van der Waals surface area (Å²) in [6, 6.07) is 7.93. The topological polar surface area (TPSA) is 68.2 Å². The van der Waals surface area contributed by atoms with Gasteiger partial charge in [-0.05, 0) is 68.4 Å². The quantitative estimate of drug-likeness (QED) is 0.504. The summed E-state index contributed by atoms with van der Waals surface area (Å²) >= 11 is 0. The maximum Gasteiger partial charge on any atom is 0.261 e. The predicted molar refractivity (Wildman–Crippen MR) is 129 cm³/mol. The Morgan fingerprint density at radius 2 is 1.88 bits per heavy atom. The van der Waals surface area contributed by atoms with Crippen molar-refractivity contribution in [1.82, 2.24) is 19.9 Å². The summed E-state index contributed by atoms with van der Waals surface area (Å²) in [5.74, 6) is 1.62. The third-order valence-corrected chi connectivity index (χ3v) is 6.29. The number of ether oxygens (including phenoxy) is 1. The molecule has 1 atom stereocenters. The fraction of sp³-hybridized carbons (Fsp3) is 0.407. The van der Waals surface area contributed by atoms with Gasteiger partial charge in [-0.15, -0.1) is 0 Å². The van der Waals surface area contributed by atoms with Crippen molar-refractivity contribution >= 4 is 5.91 Å². The third-order valence-electron chi connectivity index (χ3n) is 6.29. The van der Waals surface area contributed by atoms with Crippen molar-refractivity contribution in [1.29, 1.82) is 0 Å². The molecule has 3 aromatic rings. The van der Waals surface area contributed by atoms with Crippen molar-refractivity contribution in [3.63, 3.8) is 0 Å². The first-order valence-corrected chi connectivity index (χ1v) is 11.7. The molecule has 1 aliphatic rings. The van der Waals surface area contributed by atoms with Crippen LogP contribution >= 0.6 is 0 Å². The van der Waals surface area contributed by atoms with Crippen molar-refractivity contribution in [3.8, 4) is 16.9 Å². The van der Waals surface area contributed by atoms with Crippen LogP contribution < -0.4 is 4.74 Å². The highest BCUT2D eigenvalue weighted by atomic mass is 16.5. The predicted octanol–water partition coefficient (Wildman–Crippen LogP) is 5.16. The van der Waals surface area contributed by atoms with Crippen LogP contribution in [-0.2, 0) is 11.2 Å². The van der Waals surface area contributed by atoms with E-state index in [1.165, 1.54) is 0 Å². The summed E-state index contributed by atoms with van der Waals surface area (Å²) in [6.07, 6.45) is 9.19. The van der Waals surface area contributed by atoms with E-state index in [4.69, 9.17) is 9.72 Å². The maximum atomic E-state index is 13.3. The van der Waals surface area contributed by atoms with E-state index in [1.807, 2.05) is 62.3 Å². The Kier molecular flexibility index (Phi) is 7.02. The number of pyridine rings is 1. The van der Waals surface area contributed by atoms with Crippen molar-refractivity contribution in [2.75, 3.05) is 13.2 Å². The SMILES string of the molecule is CCCc1ncc(-c2ccncc2C)c([C@H]2CCCN2C(=O)COc2c(C)cccc2C)n1. The average Bonchev–Trinajstić information content (AvgIpc) is 3.29. The molecule has 1 saturated heterocycles. The summed E-state index contributed by atoms with van der Waals surface area (Å²) in [4.78, 5) is 29.1. The van der Waals surface area contributed by atoms with Gasteiger partial charge in [0.15, 0.2) is 6.61 Å². The van der Waals surface area contributed by atoms with Crippen LogP contribution in [-0.4, -0.2) is 38.9 Å². The molecule has 0 saturated carbocycles. The first-order valence-electron chi connectivity index (χ1n) is 11.7. The summed E-state index contributed by atoms with van der Waals surface area (Å²) in [6.45, 7) is 8.92. The van der Waals surface area contributed by atoms with E-state index in [0.29, 0.717) is 6.54 Å². The van der Waals surface area contributed by atoms with Crippen LogP contribution in [0.2, 0.25) is 0 Å².